The summed E-state index contributed by atoms with van der Waals surface area (Å²) in [4.78, 5) is 30.7. The second-order valence-corrected chi connectivity index (χ2v) is 9.72. The van der Waals surface area contributed by atoms with Crippen LogP contribution in [0.2, 0.25) is 0 Å². The fourth-order valence-electron chi connectivity index (χ4n) is 5.43. The smallest absolute Gasteiger partial charge is 0.335 e. The normalized spacial score (nSPS) is 18.9. The maximum Gasteiger partial charge on any atom is 0.335 e. The first-order chi connectivity index (χ1) is 17.5. The molecule has 3 heterocycles. The zero-order valence-electron chi connectivity index (χ0n) is 20.2. The Morgan fingerprint density at radius 2 is 1.86 bits per heavy atom. The van der Waals surface area contributed by atoms with E-state index in [4.69, 9.17) is 4.74 Å². The first-order valence-corrected chi connectivity index (χ1v) is 12.5. The van der Waals surface area contributed by atoms with Crippen LogP contribution in [0, 0.1) is 0 Å². The first kappa shape index (κ1) is 24.2. The molecular weight excluding hydrogens is 454 g/mol. The molecule has 36 heavy (non-hydrogen) atoms. The van der Waals surface area contributed by atoms with E-state index in [9.17, 15) is 14.7 Å². The summed E-state index contributed by atoms with van der Waals surface area (Å²) < 4.78 is 6.74. The van der Waals surface area contributed by atoms with E-state index in [0.717, 1.165) is 38.0 Å². The number of nitrogens with zero attached hydrogens (tertiary/aromatic N) is 2. The Labute approximate surface area is 211 Å². The first-order valence-electron chi connectivity index (χ1n) is 12.5. The van der Waals surface area contributed by atoms with E-state index in [0.29, 0.717) is 6.42 Å². The van der Waals surface area contributed by atoms with Crippen LogP contribution in [0.25, 0.3) is 0 Å². The van der Waals surface area contributed by atoms with Gasteiger partial charge in [-0.2, -0.15) is 0 Å². The number of carboxylic acid groups (broad SMARTS) is 1. The number of pyridine rings is 1. The number of fused-ring (bicyclic) bond motifs is 2. The van der Waals surface area contributed by atoms with Crippen LogP contribution in [0.15, 0.2) is 73.1 Å². The lowest BCUT2D eigenvalue weighted by Gasteiger charge is -2.47. The Hall–Kier alpha value is -3.55. The van der Waals surface area contributed by atoms with Gasteiger partial charge in [0.05, 0.1) is 23.7 Å². The van der Waals surface area contributed by atoms with Gasteiger partial charge in [-0.15, -0.1) is 0 Å². The molecule has 1 aromatic heterocycles. The molecule has 3 aromatic rings. The maximum atomic E-state index is 12.8. The highest BCUT2D eigenvalue weighted by molar-refractivity contribution is 5.87. The van der Waals surface area contributed by atoms with Crippen LogP contribution in [0.4, 0.5) is 0 Å². The summed E-state index contributed by atoms with van der Waals surface area (Å²) >= 11 is 0. The molecule has 2 aliphatic rings. The number of carbonyl (C=O) groups is 2. The van der Waals surface area contributed by atoms with Gasteiger partial charge in [-0.3, -0.25) is 14.7 Å². The van der Waals surface area contributed by atoms with Gasteiger partial charge in [0.25, 0.3) is 0 Å². The molecular formula is C29H31N3O4. The molecule has 1 spiro atoms. The molecule has 7 nitrogen and oxygen atoms in total. The van der Waals surface area contributed by atoms with E-state index in [1.165, 1.54) is 16.7 Å². The lowest BCUT2D eigenvalue weighted by Crippen LogP contribution is -2.49. The molecule has 2 N–H and O–H groups in total. The number of piperidine rings is 1. The molecule has 7 heteroatoms. The second kappa shape index (κ2) is 10.6. The Morgan fingerprint density at radius 1 is 1.06 bits per heavy atom. The molecule has 186 valence electrons. The number of ether oxygens (including phenoxy) is 1. The van der Waals surface area contributed by atoms with E-state index in [1.54, 1.807) is 24.4 Å². The Bertz CT molecular complexity index is 1220. The van der Waals surface area contributed by atoms with Gasteiger partial charge >= 0.3 is 5.97 Å². The standard InChI is InChI=1S/C29H31N3O4/c33-27(31-19-21-5-3-8-24(15-21)28(34)35)17-25-16-23-7-1-2-9-26(23)29(36-25)10-13-32(14-11-29)20-22-6-4-12-30-18-22/h1-9,12,15,18,25H,10-11,13-14,16-17,19-20H2,(H,31,33)(H,34,35). The van der Waals surface area contributed by atoms with Gasteiger partial charge in [-0.05, 0) is 59.7 Å². The molecule has 1 unspecified atom stereocenters. The molecule has 1 saturated heterocycles. The quantitative estimate of drug-likeness (QED) is 0.527. The number of carbonyl (C=O) groups excluding carboxylic acids is 1. The van der Waals surface area contributed by atoms with E-state index >= 15 is 0 Å². The average molecular weight is 486 g/mol. The fourth-order valence-corrected chi connectivity index (χ4v) is 5.43. The van der Waals surface area contributed by atoms with Gasteiger partial charge < -0.3 is 15.2 Å². The van der Waals surface area contributed by atoms with Crippen LogP contribution in [-0.2, 0) is 34.6 Å². The topological polar surface area (TPSA) is 91.8 Å². The van der Waals surface area contributed by atoms with Crippen molar-refractivity contribution in [2.24, 2.45) is 0 Å². The zero-order chi connectivity index (χ0) is 25.0. The minimum Gasteiger partial charge on any atom is -0.478 e. The molecule has 0 radical (unpaired) electrons. The van der Waals surface area contributed by atoms with Crippen LogP contribution in [0.1, 0.15) is 51.9 Å². The lowest BCUT2D eigenvalue weighted by molar-refractivity contribution is -0.150. The molecule has 2 aromatic carbocycles. The molecule has 0 bridgehead atoms. The van der Waals surface area contributed by atoms with Crippen molar-refractivity contribution in [2.75, 3.05) is 13.1 Å². The summed E-state index contributed by atoms with van der Waals surface area (Å²) in [5.74, 6) is -1.07. The lowest BCUT2D eigenvalue weighted by atomic mass is 9.77. The van der Waals surface area contributed by atoms with Gasteiger partial charge in [-0.25, -0.2) is 4.79 Å². The van der Waals surface area contributed by atoms with E-state index < -0.39 is 5.97 Å². The van der Waals surface area contributed by atoms with Crippen LogP contribution in [0.5, 0.6) is 0 Å². The molecule has 1 atom stereocenters. The van der Waals surface area contributed by atoms with Crippen molar-refractivity contribution in [1.82, 2.24) is 15.2 Å². The van der Waals surface area contributed by atoms with Gasteiger partial charge in [0.1, 0.15) is 0 Å². The maximum absolute atomic E-state index is 12.8. The van der Waals surface area contributed by atoms with Crippen LogP contribution < -0.4 is 5.32 Å². The van der Waals surface area contributed by atoms with Crippen molar-refractivity contribution in [3.05, 3.63) is 101 Å². The Kier molecular flexibility index (Phi) is 7.11. The number of carboxylic acids is 1. The summed E-state index contributed by atoms with van der Waals surface area (Å²) in [5.41, 5.74) is 4.33. The summed E-state index contributed by atoms with van der Waals surface area (Å²) in [7, 11) is 0. The van der Waals surface area contributed by atoms with E-state index in [1.807, 2.05) is 18.3 Å². The molecule has 0 aliphatic carbocycles. The number of hydrogen-bond acceptors (Lipinski definition) is 5. The average Bonchev–Trinajstić information content (AvgIpc) is 2.90. The number of amides is 1. The summed E-state index contributed by atoms with van der Waals surface area (Å²) in [6.07, 6.45) is 6.26. The van der Waals surface area contributed by atoms with Crippen molar-refractivity contribution in [3.8, 4) is 0 Å². The third-order valence-corrected chi connectivity index (χ3v) is 7.22. The highest BCUT2D eigenvalue weighted by Crippen LogP contribution is 2.44. The number of nitrogens with one attached hydrogen (secondary N) is 1. The molecule has 0 saturated carbocycles. The predicted molar refractivity (Wildman–Crippen MR) is 135 cm³/mol. The number of rotatable bonds is 7. The van der Waals surface area contributed by atoms with Gasteiger partial charge in [-0.1, -0.05) is 42.5 Å². The van der Waals surface area contributed by atoms with Crippen molar-refractivity contribution >= 4 is 11.9 Å². The van der Waals surface area contributed by atoms with E-state index in [-0.39, 0.29) is 36.1 Å². The predicted octanol–water partition coefficient (Wildman–Crippen LogP) is 3.92. The summed E-state index contributed by atoms with van der Waals surface area (Å²) in [6, 6.07) is 19.2. The molecule has 1 fully saturated rings. The number of likely N-dealkylation sites (tertiary alicyclic amines) is 1. The minimum atomic E-state index is -0.978. The van der Waals surface area contributed by atoms with Crippen LogP contribution >= 0.6 is 0 Å². The second-order valence-electron chi connectivity index (χ2n) is 9.72. The Morgan fingerprint density at radius 3 is 2.64 bits per heavy atom. The fraction of sp³-hybridized carbons (Fsp3) is 0.345. The largest absolute Gasteiger partial charge is 0.478 e. The van der Waals surface area contributed by atoms with Gasteiger partial charge in [0.15, 0.2) is 0 Å². The van der Waals surface area contributed by atoms with Crippen LogP contribution in [0.3, 0.4) is 0 Å². The van der Waals surface area contributed by atoms with Gasteiger partial charge in [0.2, 0.25) is 5.91 Å². The zero-order valence-corrected chi connectivity index (χ0v) is 20.2. The van der Waals surface area contributed by atoms with Crippen molar-refractivity contribution in [2.45, 2.75) is 50.5 Å². The third kappa shape index (κ3) is 5.48. The van der Waals surface area contributed by atoms with Gasteiger partial charge in [0, 0.05) is 38.6 Å². The number of benzene rings is 2. The van der Waals surface area contributed by atoms with Crippen LogP contribution in [-0.4, -0.2) is 46.1 Å². The van der Waals surface area contributed by atoms with Crippen molar-refractivity contribution in [1.29, 1.82) is 0 Å². The monoisotopic (exact) mass is 485 g/mol. The summed E-state index contributed by atoms with van der Waals surface area (Å²) in [5, 5.41) is 12.1. The highest BCUT2D eigenvalue weighted by Gasteiger charge is 2.43. The minimum absolute atomic E-state index is 0.0933. The SMILES string of the molecule is O=C(CC1Cc2ccccc2C2(CCN(Cc3cccnc3)CC2)O1)NCc1cccc(C(=O)O)c1. The molecule has 1 amide bonds. The van der Waals surface area contributed by atoms with Crippen molar-refractivity contribution < 1.29 is 19.4 Å². The number of aromatic carboxylic acids is 1. The number of hydrogen-bond donors (Lipinski definition) is 2. The summed E-state index contributed by atoms with van der Waals surface area (Å²) in [6.45, 7) is 3.00. The molecule has 5 rings (SSSR count). The molecule has 2 aliphatic heterocycles. The van der Waals surface area contributed by atoms with E-state index in [2.05, 4.69) is 45.5 Å². The number of aromatic nitrogens is 1. The highest BCUT2D eigenvalue weighted by atomic mass is 16.5. The van der Waals surface area contributed by atoms with Crippen molar-refractivity contribution in [3.63, 3.8) is 0 Å². The Balaban J connectivity index is 1.22. The third-order valence-electron chi connectivity index (χ3n) is 7.22.